The van der Waals surface area contributed by atoms with Crippen molar-refractivity contribution in [3.05, 3.63) is 77.4 Å². The summed E-state index contributed by atoms with van der Waals surface area (Å²) >= 11 is 0. The molecule has 3 heteroatoms. The van der Waals surface area contributed by atoms with Gasteiger partial charge in [0.1, 0.15) is 12.4 Å². The summed E-state index contributed by atoms with van der Waals surface area (Å²) in [5, 5.41) is 9.14. The number of aliphatic carboxylic acids is 1. The van der Waals surface area contributed by atoms with Crippen LogP contribution in [0.3, 0.4) is 0 Å². The molecule has 0 spiro atoms. The fourth-order valence-corrected chi connectivity index (χ4v) is 3.80. The van der Waals surface area contributed by atoms with Gasteiger partial charge in [-0.1, -0.05) is 36.4 Å². The number of hydrogen-bond donors (Lipinski definition) is 1. The lowest BCUT2D eigenvalue weighted by molar-refractivity contribution is -0.137. The van der Waals surface area contributed by atoms with Crippen LogP contribution >= 0.6 is 0 Å². The fraction of sp³-hybridized carbons (Fsp3) is 0.375. The molecular formula is C24H28O3. The van der Waals surface area contributed by atoms with Crippen LogP contribution in [0.25, 0.3) is 0 Å². The molecule has 142 valence electrons. The van der Waals surface area contributed by atoms with E-state index in [0.29, 0.717) is 6.61 Å². The molecular weight excluding hydrogens is 336 g/mol. The topological polar surface area (TPSA) is 46.5 Å². The number of hydrogen-bond acceptors (Lipinski definition) is 2. The van der Waals surface area contributed by atoms with Crippen LogP contribution in [-0.4, -0.2) is 11.1 Å². The van der Waals surface area contributed by atoms with Crippen molar-refractivity contribution in [2.24, 2.45) is 0 Å². The van der Waals surface area contributed by atoms with E-state index in [0.717, 1.165) is 24.2 Å². The Morgan fingerprint density at radius 1 is 1.11 bits per heavy atom. The van der Waals surface area contributed by atoms with Gasteiger partial charge in [-0.2, -0.15) is 0 Å². The Labute approximate surface area is 161 Å². The van der Waals surface area contributed by atoms with Crippen LogP contribution < -0.4 is 4.74 Å². The number of allylic oxidation sites excluding steroid dienone is 1. The quantitative estimate of drug-likeness (QED) is 0.583. The molecule has 0 heterocycles. The zero-order valence-corrected chi connectivity index (χ0v) is 15.8. The molecule has 3 nitrogen and oxygen atoms in total. The highest BCUT2D eigenvalue weighted by Gasteiger charge is 2.15. The van der Waals surface area contributed by atoms with Crippen molar-refractivity contribution in [3.63, 3.8) is 0 Å². The Hall–Kier alpha value is -2.55. The van der Waals surface area contributed by atoms with Gasteiger partial charge < -0.3 is 9.84 Å². The monoisotopic (exact) mass is 364 g/mol. The molecule has 27 heavy (non-hydrogen) atoms. The van der Waals surface area contributed by atoms with Crippen LogP contribution in [0.5, 0.6) is 5.75 Å². The molecule has 2 aromatic carbocycles. The first-order valence-electron chi connectivity index (χ1n) is 9.82. The minimum atomic E-state index is -0.767. The van der Waals surface area contributed by atoms with Gasteiger partial charge in [0.05, 0.1) is 6.42 Å². The summed E-state index contributed by atoms with van der Waals surface area (Å²) in [6.07, 6.45) is 8.54. The summed E-state index contributed by atoms with van der Waals surface area (Å²) in [6, 6.07) is 14.5. The Morgan fingerprint density at radius 3 is 2.56 bits per heavy atom. The third-order valence-corrected chi connectivity index (χ3v) is 5.31. The molecule has 1 atom stereocenters. The van der Waals surface area contributed by atoms with Gasteiger partial charge >= 0.3 is 5.97 Å². The maximum absolute atomic E-state index is 11.1. The maximum atomic E-state index is 11.1. The van der Waals surface area contributed by atoms with Crippen molar-refractivity contribution in [1.29, 1.82) is 0 Å². The fourth-order valence-electron chi connectivity index (χ4n) is 3.80. The van der Waals surface area contributed by atoms with E-state index in [1.807, 2.05) is 30.3 Å². The highest BCUT2D eigenvalue weighted by atomic mass is 16.5. The van der Waals surface area contributed by atoms with Gasteiger partial charge in [-0.15, -0.1) is 6.58 Å². The summed E-state index contributed by atoms with van der Waals surface area (Å²) in [7, 11) is 0. The van der Waals surface area contributed by atoms with E-state index < -0.39 is 5.97 Å². The zero-order valence-electron chi connectivity index (χ0n) is 15.8. The number of carboxylic acid groups (broad SMARTS) is 1. The zero-order chi connectivity index (χ0) is 19.1. The van der Waals surface area contributed by atoms with Crippen LogP contribution in [0, 0.1) is 0 Å². The van der Waals surface area contributed by atoms with Gasteiger partial charge in [-0.05, 0) is 78.8 Å². The van der Waals surface area contributed by atoms with Crippen LogP contribution in [-0.2, 0) is 24.2 Å². The van der Waals surface area contributed by atoms with E-state index in [4.69, 9.17) is 9.84 Å². The molecule has 0 aliphatic heterocycles. The standard InChI is InChI=1S/C24H28O3/c1-2-3-6-22(16-24(25)26)20-11-13-23(14-12-20)27-17-18-9-10-19-7-4-5-8-21(19)15-18/h2,9-15,22H,1,3-8,16-17H2,(H,25,26)/t22-/m0/s1. The van der Waals surface area contributed by atoms with Crippen molar-refractivity contribution < 1.29 is 14.6 Å². The predicted molar refractivity (Wildman–Crippen MR) is 108 cm³/mol. The normalized spacial score (nSPS) is 14.2. The summed E-state index contributed by atoms with van der Waals surface area (Å²) in [4.78, 5) is 11.1. The molecule has 2 aromatic rings. The molecule has 1 aliphatic rings. The second-order valence-electron chi connectivity index (χ2n) is 7.33. The molecule has 0 fully saturated rings. The largest absolute Gasteiger partial charge is 0.489 e. The number of rotatable bonds is 9. The van der Waals surface area contributed by atoms with Crippen LogP contribution in [0.1, 0.15) is 60.3 Å². The molecule has 0 amide bonds. The van der Waals surface area contributed by atoms with Crippen LogP contribution in [0.4, 0.5) is 0 Å². The lowest BCUT2D eigenvalue weighted by Crippen LogP contribution is -2.06. The number of fused-ring (bicyclic) bond motifs is 1. The first kappa shape index (κ1) is 19.2. The summed E-state index contributed by atoms with van der Waals surface area (Å²) in [5.74, 6) is 0.0567. The van der Waals surface area contributed by atoms with Gasteiger partial charge in [0, 0.05) is 0 Å². The lowest BCUT2D eigenvalue weighted by Gasteiger charge is -2.17. The van der Waals surface area contributed by atoms with E-state index in [-0.39, 0.29) is 12.3 Å². The van der Waals surface area contributed by atoms with E-state index in [2.05, 4.69) is 24.8 Å². The number of ether oxygens (including phenoxy) is 1. The van der Waals surface area contributed by atoms with E-state index in [9.17, 15) is 4.79 Å². The first-order valence-corrected chi connectivity index (χ1v) is 9.82. The Bertz CT molecular complexity index is 777. The van der Waals surface area contributed by atoms with Crippen molar-refractivity contribution in [2.75, 3.05) is 0 Å². The lowest BCUT2D eigenvalue weighted by atomic mass is 9.90. The van der Waals surface area contributed by atoms with Gasteiger partial charge in [-0.25, -0.2) is 0 Å². The molecule has 0 unspecified atom stereocenters. The Kier molecular flexibility index (Phi) is 6.69. The highest BCUT2D eigenvalue weighted by Crippen LogP contribution is 2.28. The minimum absolute atomic E-state index is 0.00944. The summed E-state index contributed by atoms with van der Waals surface area (Å²) < 4.78 is 5.95. The second kappa shape index (κ2) is 9.40. The third kappa shape index (κ3) is 5.46. The maximum Gasteiger partial charge on any atom is 0.303 e. The molecule has 0 aromatic heterocycles. The molecule has 1 aliphatic carbocycles. The minimum Gasteiger partial charge on any atom is -0.489 e. The highest BCUT2D eigenvalue weighted by molar-refractivity contribution is 5.68. The van der Waals surface area contributed by atoms with Gasteiger partial charge in [0.25, 0.3) is 0 Å². The average molecular weight is 364 g/mol. The molecule has 3 rings (SSSR count). The Morgan fingerprint density at radius 2 is 1.85 bits per heavy atom. The number of carboxylic acids is 1. The van der Waals surface area contributed by atoms with Gasteiger partial charge in [-0.3, -0.25) is 4.79 Å². The summed E-state index contributed by atoms with van der Waals surface area (Å²) in [6.45, 7) is 4.29. The molecule has 0 radical (unpaired) electrons. The van der Waals surface area contributed by atoms with Crippen molar-refractivity contribution in [2.45, 2.75) is 57.5 Å². The van der Waals surface area contributed by atoms with Crippen molar-refractivity contribution in [1.82, 2.24) is 0 Å². The van der Waals surface area contributed by atoms with E-state index in [1.54, 1.807) is 0 Å². The number of carbonyl (C=O) groups is 1. The summed E-state index contributed by atoms with van der Waals surface area (Å²) in [5.41, 5.74) is 5.20. The third-order valence-electron chi connectivity index (χ3n) is 5.31. The van der Waals surface area contributed by atoms with Crippen LogP contribution in [0.2, 0.25) is 0 Å². The van der Waals surface area contributed by atoms with E-state index >= 15 is 0 Å². The van der Waals surface area contributed by atoms with Crippen molar-refractivity contribution in [3.8, 4) is 5.75 Å². The molecule has 1 N–H and O–H groups in total. The second-order valence-corrected chi connectivity index (χ2v) is 7.33. The molecule has 0 saturated heterocycles. The number of benzene rings is 2. The van der Waals surface area contributed by atoms with E-state index in [1.165, 1.54) is 42.4 Å². The average Bonchev–Trinajstić information content (AvgIpc) is 2.69. The van der Waals surface area contributed by atoms with Crippen molar-refractivity contribution >= 4 is 5.97 Å². The molecule has 0 bridgehead atoms. The Balaban J connectivity index is 1.61. The SMILES string of the molecule is C=CCC[C@@H](CC(=O)O)c1ccc(OCc2ccc3c(c2)CCCC3)cc1. The number of aryl methyl sites for hydroxylation is 2. The predicted octanol–water partition coefficient (Wildman–Crippen LogP) is 5.67. The van der Waals surface area contributed by atoms with Crippen LogP contribution in [0.15, 0.2) is 55.1 Å². The molecule has 0 saturated carbocycles. The van der Waals surface area contributed by atoms with Gasteiger partial charge in [0.15, 0.2) is 0 Å². The first-order chi connectivity index (χ1) is 13.2. The van der Waals surface area contributed by atoms with Gasteiger partial charge in [0.2, 0.25) is 0 Å². The smallest absolute Gasteiger partial charge is 0.303 e.